The molecule has 2 aromatic rings. The van der Waals surface area contributed by atoms with Gasteiger partial charge in [-0.25, -0.2) is 0 Å². The third kappa shape index (κ3) is 1.97. The minimum absolute atomic E-state index is 0.0376. The number of rotatable bonds is 0. The number of fused-ring (bicyclic) bond motifs is 1. The van der Waals surface area contributed by atoms with Crippen molar-refractivity contribution in [3.05, 3.63) is 20.7 Å². The summed E-state index contributed by atoms with van der Waals surface area (Å²) in [6.07, 6.45) is 0. The van der Waals surface area contributed by atoms with Crippen LogP contribution < -0.4 is 4.72 Å². The van der Waals surface area contributed by atoms with Crippen LogP contribution in [0.4, 0.5) is 4.39 Å². The Bertz CT molecular complexity index is 557. The molecule has 0 unspecified atom stereocenters. The molecule has 0 saturated heterocycles. The maximum absolute atomic E-state index is 13.6. The van der Waals surface area contributed by atoms with E-state index in [2.05, 4.69) is 46.9 Å². The van der Waals surface area contributed by atoms with Gasteiger partial charge in [0.2, 0.25) is 0 Å². The van der Waals surface area contributed by atoms with Crippen molar-refractivity contribution in [1.82, 2.24) is 15.0 Å². The monoisotopic (exact) mass is 374 g/mol. The molecule has 2 heterocycles. The van der Waals surface area contributed by atoms with Gasteiger partial charge in [-0.15, -0.1) is 0 Å². The van der Waals surface area contributed by atoms with Gasteiger partial charge in [0.05, 0.1) is 0 Å². The first-order valence-corrected chi connectivity index (χ1v) is 5.96. The second kappa shape index (κ2) is 4.11. The predicted molar refractivity (Wildman–Crippen MR) is 60.4 cm³/mol. The van der Waals surface area contributed by atoms with Crippen molar-refractivity contribution < 1.29 is 4.39 Å². The molecule has 15 heavy (non-hydrogen) atoms. The fourth-order valence-corrected chi connectivity index (χ4v) is 2.74. The zero-order chi connectivity index (χ0) is 11.2. The van der Waals surface area contributed by atoms with Crippen LogP contribution in [0.3, 0.4) is 0 Å². The number of pyridine rings is 1. The first kappa shape index (κ1) is 11.5. The van der Waals surface area contributed by atoms with Crippen molar-refractivity contribution in [3.63, 3.8) is 0 Å². The molecule has 0 aliphatic carbocycles. The first-order chi connectivity index (χ1) is 7.00. The maximum atomic E-state index is 13.6. The quantitative estimate of drug-likeness (QED) is 0.402. The van der Waals surface area contributed by atoms with Crippen molar-refractivity contribution in [2.24, 2.45) is 0 Å². The van der Waals surface area contributed by atoms with Crippen LogP contribution in [0.15, 0.2) is 4.60 Å². The van der Waals surface area contributed by atoms with Crippen LogP contribution >= 0.6 is 39.1 Å². The molecule has 0 aliphatic heterocycles. The molecule has 3 nitrogen and oxygen atoms in total. The molecule has 0 N–H and O–H groups in total. The van der Waals surface area contributed by atoms with Gasteiger partial charge in [0.1, 0.15) is 0 Å². The molecule has 77 valence electrons. The van der Waals surface area contributed by atoms with Crippen LogP contribution in [0.5, 0.6) is 0 Å². The summed E-state index contributed by atoms with van der Waals surface area (Å²) in [5.41, 5.74) is 0.0376. The number of aromatic nitrogens is 3. The van der Waals surface area contributed by atoms with Crippen LogP contribution in [-0.2, 0) is 0 Å². The third-order valence-corrected chi connectivity index (χ3v) is 3.12. The third-order valence-electron chi connectivity index (χ3n) is 1.64. The van der Waals surface area contributed by atoms with Crippen molar-refractivity contribution in [1.29, 1.82) is 0 Å². The van der Waals surface area contributed by atoms with Gasteiger partial charge in [-0.05, 0) is 0 Å². The predicted octanol–water partition coefficient (Wildman–Crippen LogP) is 2.03. The fraction of sp³-hybridized carbons (Fsp3) is 0. The molecule has 0 bridgehead atoms. The normalized spacial score (nSPS) is 10.9. The van der Waals surface area contributed by atoms with E-state index in [0.717, 1.165) is 0 Å². The van der Waals surface area contributed by atoms with Crippen LogP contribution in [0.2, 0.25) is 10.3 Å². The standard InChI is InChI=1S/C7BrCl2FN3Se/c8-4-1-3(2(11)6(10)13-4)12-7(15)14-5(1)9. The van der Waals surface area contributed by atoms with Crippen LogP contribution in [-0.4, -0.2) is 31.0 Å². The Morgan fingerprint density at radius 3 is 2.47 bits per heavy atom. The Morgan fingerprint density at radius 2 is 1.80 bits per heavy atom. The SMILES string of the molecule is Fc1c(Cl)nc(Br)c2c(Cl)nc([Se])nc12. The van der Waals surface area contributed by atoms with Crippen molar-refractivity contribution in [2.45, 2.75) is 0 Å². The Hall–Kier alpha value is -0.000519. The number of nitrogens with zero attached hydrogens (tertiary/aromatic N) is 3. The minimum atomic E-state index is -0.712. The Balaban J connectivity index is 3.02. The van der Waals surface area contributed by atoms with E-state index in [-0.39, 0.29) is 20.5 Å². The van der Waals surface area contributed by atoms with Gasteiger partial charge in [-0.1, -0.05) is 0 Å². The van der Waals surface area contributed by atoms with Gasteiger partial charge in [0.25, 0.3) is 0 Å². The summed E-state index contributed by atoms with van der Waals surface area (Å²) in [5.74, 6) is -0.712. The summed E-state index contributed by atoms with van der Waals surface area (Å²) in [5, 5.41) is 0.157. The van der Waals surface area contributed by atoms with Gasteiger partial charge >= 0.3 is 111 Å². The molecular weight excluding hydrogens is 375 g/mol. The van der Waals surface area contributed by atoms with Gasteiger partial charge in [0.15, 0.2) is 0 Å². The fourth-order valence-electron chi connectivity index (χ4n) is 1.04. The van der Waals surface area contributed by atoms with Gasteiger partial charge in [-0.2, -0.15) is 0 Å². The van der Waals surface area contributed by atoms with Gasteiger partial charge < -0.3 is 0 Å². The molecule has 0 saturated carbocycles. The zero-order valence-corrected chi connectivity index (χ0v) is 11.6. The number of halogens is 4. The Kier molecular flexibility index (Phi) is 3.14. The molecule has 2 aromatic heterocycles. The molecule has 2 rings (SSSR count). The second-order valence-corrected chi connectivity index (χ2v) is 4.76. The van der Waals surface area contributed by atoms with Crippen LogP contribution in [0, 0.1) is 5.82 Å². The van der Waals surface area contributed by atoms with Crippen LogP contribution in [0.1, 0.15) is 0 Å². The Morgan fingerprint density at radius 1 is 1.13 bits per heavy atom. The van der Waals surface area contributed by atoms with Crippen molar-refractivity contribution in [2.75, 3.05) is 0 Å². The molecule has 0 aliphatic rings. The molecule has 1 radical (unpaired) electrons. The van der Waals surface area contributed by atoms with E-state index in [9.17, 15) is 4.39 Å². The van der Waals surface area contributed by atoms with Crippen LogP contribution in [0.25, 0.3) is 10.9 Å². The topological polar surface area (TPSA) is 38.7 Å². The molecule has 0 fully saturated rings. The second-order valence-electron chi connectivity index (χ2n) is 2.53. The summed E-state index contributed by atoms with van der Waals surface area (Å²) < 4.78 is 14.1. The van der Waals surface area contributed by atoms with E-state index in [1.54, 1.807) is 0 Å². The van der Waals surface area contributed by atoms with Crippen molar-refractivity contribution >= 4 is 70.8 Å². The van der Waals surface area contributed by atoms with Gasteiger partial charge in [0, 0.05) is 0 Å². The van der Waals surface area contributed by atoms with E-state index in [1.807, 2.05) is 0 Å². The summed E-state index contributed by atoms with van der Waals surface area (Å²) in [7, 11) is 0. The molecular formula is C7BrCl2FN3Se. The van der Waals surface area contributed by atoms with E-state index in [1.165, 1.54) is 0 Å². The van der Waals surface area contributed by atoms with Crippen molar-refractivity contribution in [3.8, 4) is 0 Å². The summed E-state index contributed by atoms with van der Waals surface area (Å²) in [6.45, 7) is 0. The summed E-state index contributed by atoms with van der Waals surface area (Å²) >= 11 is 17.1. The molecule has 0 spiro atoms. The van der Waals surface area contributed by atoms with E-state index in [0.29, 0.717) is 9.99 Å². The van der Waals surface area contributed by atoms with E-state index in [4.69, 9.17) is 23.2 Å². The van der Waals surface area contributed by atoms with E-state index < -0.39 is 5.82 Å². The zero-order valence-electron chi connectivity index (χ0n) is 6.76. The van der Waals surface area contributed by atoms with E-state index >= 15 is 0 Å². The average Bonchev–Trinajstić information content (AvgIpc) is 2.12. The molecule has 0 atom stereocenters. The molecule has 8 heteroatoms. The summed E-state index contributed by atoms with van der Waals surface area (Å²) in [6, 6.07) is 0. The van der Waals surface area contributed by atoms with Gasteiger partial charge in [-0.3, -0.25) is 0 Å². The number of hydrogen-bond donors (Lipinski definition) is 0. The summed E-state index contributed by atoms with van der Waals surface area (Å²) in [4.78, 5) is 11.5. The molecule has 0 aromatic carbocycles. The first-order valence-electron chi connectivity index (χ1n) is 3.55. The number of hydrogen-bond acceptors (Lipinski definition) is 3. The molecule has 0 amide bonds. The Labute approximate surface area is 110 Å². The average molecular weight is 375 g/mol.